The maximum absolute atomic E-state index is 10.6. The second-order valence-electron chi connectivity index (χ2n) is 6.25. The Bertz CT molecular complexity index is 398. The first kappa shape index (κ1) is 11.2. The van der Waals surface area contributed by atoms with Gasteiger partial charge in [0.1, 0.15) is 0 Å². The lowest BCUT2D eigenvalue weighted by Crippen LogP contribution is -2.68. The zero-order valence-electron chi connectivity index (χ0n) is 10.7. The average Bonchev–Trinajstić information content (AvgIpc) is 2.22. The summed E-state index contributed by atoms with van der Waals surface area (Å²) in [6, 6.07) is 10.8. The van der Waals surface area contributed by atoms with Crippen molar-refractivity contribution in [3.8, 4) is 0 Å². The molecule has 2 aliphatic rings. The Morgan fingerprint density at radius 3 is 2.24 bits per heavy atom. The Labute approximate surface area is 103 Å². The number of hydrogen-bond acceptors (Lipinski definition) is 2. The third kappa shape index (κ3) is 1.71. The fraction of sp³-hybridized carbons (Fsp3) is 0.600. The van der Waals surface area contributed by atoms with E-state index in [2.05, 4.69) is 18.7 Å². The first-order valence-electron chi connectivity index (χ1n) is 6.55. The summed E-state index contributed by atoms with van der Waals surface area (Å²) < 4.78 is 0. The maximum atomic E-state index is 10.6. The molecule has 92 valence electrons. The monoisotopic (exact) mass is 231 g/mol. The molecule has 0 aromatic heterocycles. The summed E-state index contributed by atoms with van der Waals surface area (Å²) in [4.78, 5) is 2.49. The van der Waals surface area contributed by atoms with Gasteiger partial charge < -0.3 is 5.11 Å². The fourth-order valence-electron chi connectivity index (χ4n) is 3.55. The van der Waals surface area contributed by atoms with Crippen LogP contribution in [0.2, 0.25) is 0 Å². The van der Waals surface area contributed by atoms with Crippen LogP contribution in [0.25, 0.3) is 0 Å². The minimum absolute atomic E-state index is 0.412. The van der Waals surface area contributed by atoms with Crippen molar-refractivity contribution in [2.45, 2.75) is 38.3 Å². The second-order valence-corrected chi connectivity index (χ2v) is 6.25. The van der Waals surface area contributed by atoms with Gasteiger partial charge in [0.2, 0.25) is 0 Å². The smallest absolute Gasteiger partial charge is 0.0909 e. The lowest BCUT2D eigenvalue weighted by atomic mass is 9.53. The molecule has 1 saturated heterocycles. The van der Waals surface area contributed by atoms with Gasteiger partial charge in [0, 0.05) is 24.5 Å². The van der Waals surface area contributed by atoms with E-state index in [-0.39, 0.29) is 0 Å². The van der Waals surface area contributed by atoms with E-state index in [1.165, 1.54) is 13.1 Å². The molecule has 2 nitrogen and oxygen atoms in total. The van der Waals surface area contributed by atoms with Gasteiger partial charge in [-0.3, -0.25) is 4.90 Å². The van der Waals surface area contributed by atoms with Crippen molar-refractivity contribution >= 4 is 0 Å². The van der Waals surface area contributed by atoms with Crippen molar-refractivity contribution < 1.29 is 5.11 Å². The van der Waals surface area contributed by atoms with E-state index in [1.807, 2.05) is 30.3 Å². The Morgan fingerprint density at radius 2 is 1.71 bits per heavy atom. The Morgan fingerprint density at radius 1 is 1.12 bits per heavy atom. The highest BCUT2D eigenvalue weighted by Crippen LogP contribution is 2.58. The fourth-order valence-corrected chi connectivity index (χ4v) is 3.55. The highest BCUT2D eigenvalue weighted by molar-refractivity contribution is 5.28. The van der Waals surface area contributed by atoms with Gasteiger partial charge in [-0.15, -0.1) is 0 Å². The van der Waals surface area contributed by atoms with Crippen molar-refractivity contribution in [1.29, 1.82) is 0 Å². The highest BCUT2D eigenvalue weighted by Gasteiger charge is 2.59. The van der Waals surface area contributed by atoms with Gasteiger partial charge in [0.15, 0.2) is 0 Å². The van der Waals surface area contributed by atoms with E-state index in [4.69, 9.17) is 0 Å². The SMILES string of the molecule is CC(C)N1CC2(C1)CC(O)(c1ccccc1)C2. The van der Waals surface area contributed by atoms with Crippen LogP contribution in [0, 0.1) is 5.41 Å². The van der Waals surface area contributed by atoms with E-state index in [9.17, 15) is 5.11 Å². The lowest BCUT2D eigenvalue weighted by Gasteiger charge is -2.63. The Balaban J connectivity index is 1.65. The third-order valence-corrected chi connectivity index (χ3v) is 4.45. The molecule has 1 aliphatic heterocycles. The zero-order valence-corrected chi connectivity index (χ0v) is 10.7. The van der Waals surface area contributed by atoms with Crippen molar-refractivity contribution in [1.82, 2.24) is 4.90 Å². The molecule has 0 bridgehead atoms. The third-order valence-electron chi connectivity index (χ3n) is 4.45. The van der Waals surface area contributed by atoms with Crippen LogP contribution in [0.4, 0.5) is 0 Å². The minimum Gasteiger partial charge on any atom is -0.385 e. The molecular weight excluding hydrogens is 210 g/mol. The normalized spacial score (nSPS) is 25.6. The van der Waals surface area contributed by atoms with Crippen LogP contribution in [-0.4, -0.2) is 29.1 Å². The van der Waals surface area contributed by atoms with Crippen molar-refractivity contribution in [3.63, 3.8) is 0 Å². The van der Waals surface area contributed by atoms with Gasteiger partial charge >= 0.3 is 0 Å². The lowest BCUT2D eigenvalue weighted by molar-refractivity contribution is -0.201. The standard InChI is InChI=1S/C15H21NO/c1-12(2)16-10-14(11-16)8-15(17,9-14)13-6-4-3-5-7-13/h3-7,12,17H,8-11H2,1-2H3. The number of aliphatic hydroxyl groups is 1. The molecule has 1 aromatic carbocycles. The predicted octanol–water partition coefficient (Wildman–Crippen LogP) is 2.38. The first-order valence-corrected chi connectivity index (χ1v) is 6.55. The summed E-state index contributed by atoms with van der Waals surface area (Å²) in [5.74, 6) is 0. The van der Waals surface area contributed by atoms with E-state index in [0.717, 1.165) is 18.4 Å². The molecule has 0 atom stereocenters. The molecular formula is C15H21NO. The van der Waals surface area contributed by atoms with Crippen LogP contribution >= 0.6 is 0 Å². The largest absolute Gasteiger partial charge is 0.385 e. The average molecular weight is 231 g/mol. The van der Waals surface area contributed by atoms with E-state index in [0.29, 0.717) is 11.5 Å². The number of likely N-dealkylation sites (tertiary alicyclic amines) is 1. The van der Waals surface area contributed by atoms with Crippen LogP contribution in [0.3, 0.4) is 0 Å². The summed E-state index contributed by atoms with van der Waals surface area (Å²) in [5.41, 5.74) is 0.952. The van der Waals surface area contributed by atoms with E-state index >= 15 is 0 Å². The molecule has 0 radical (unpaired) electrons. The maximum Gasteiger partial charge on any atom is 0.0909 e. The molecule has 1 aromatic rings. The number of hydrogen-bond donors (Lipinski definition) is 1. The molecule has 2 heteroatoms. The van der Waals surface area contributed by atoms with Gasteiger partial charge in [-0.05, 0) is 32.3 Å². The molecule has 1 aliphatic carbocycles. The molecule has 17 heavy (non-hydrogen) atoms. The van der Waals surface area contributed by atoms with Gasteiger partial charge in [-0.1, -0.05) is 30.3 Å². The quantitative estimate of drug-likeness (QED) is 0.844. The Kier molecular flexibility index (Phi) is 2.36. The van der Waals surface area contributed by atoms with Crippen molar-refractivity contribution in [3.05, 3.63) is 35.9 Å². The molecule has 1 saturated carbocycles. The van der Waals surface area contributed by atoms with Crippen LogP contribution in [0.5, 0.6) is 0 Å². The van der Waals surface area contributed by atoms with Crippen LogP contribution < -0.4 is 0 Å². The van der Waals surface area contributed by atoms with Crippen LogP contribution in [0.15, 0.2) is 30.3 Å². The molecule has 1 spiro atoms. The summed E-state index contributed by atoms with van der Waals surface area (Å²) >= 11 is 0. The molecule has 3 rings (SSSR count). The molecule has 0 amide bonds. The number of benzene rings is 1. The van der Waals surface area contributed by atoms with Crippen LogP contribution in [0.1, 0.15) is 32.3 Å². The number of nitrogens with zero attached hydrogens (tertiary/aromatic N) is 1. The van der Waals surface area contributed by atoms with Crippen LogP contribution in [-0.2, 0) is 5.60 Å². The second kappa shape index (κ2) is 3.56. The molecule has 2 fully saturated rings. The van der Waals surface area contributed by atoms with Crippen molar-refractivity contribution in [2.24, 2.45) is 5.41 Å². The summed E-state index contributed by atoms with van der Waals surface area (Å²) in [7, 11) is 0. The molecule has 1 N–H and O–H groups in total. The zero-order chi connectivity index (χ0) is 12.1. The number of rotatable bonds is 2. The highest BCUT2D eigenvalue weighted by atomic mass is 16.3. The first-order chi connectivity index (χ1) is 8.03. The molecule has 1 heterocycles. The van der Waals surface area contributed by atoms with E-state index in [1.54, 1.807) is 0 Å². The van der Waals surface area contributed by atoms with Crippen molar-refractivity contribution in [2.75, 3.05) is 13.1 Å². The van der Waals surface area contributed by atoms with Gasteiger partial charge in [0.05, 0.1) is 5.60 Å². The summed E-state index contributed by atoms with van der Waals surface area (Å²) in [5, 5.41) is 10.6. The Hall–Kier alpha value is -0.860. The summed E-state index contributed by atoms with van der Waals surface area (Å²) in [6.07, 6.45) is 1.88. The van der Waals surface area contributed by atoms with Gasteiger partial charge in [-0.2, -0.15) is 0 Å². The van der Waals surface area contributed by atoms with Gasteiger partial charge in [-0.25, -0.2) is 0 Å². The summed E-state index contributed by atoms with van der Waals surface area (Å²) in [6.45, 7) is 6.82. The van der Waals surface area contributed by atoms with E-state index < -0.39 is 5.60 Å². The molecule has 0 unspecified atom stereocenters. The minimum atomic E-state index is -0.551. The topological polar surface area (TPSA) is 23.5 Å². The van der Waals surface area contributed by atoms with Gasteiger partial charge in [0.25, 0.3) is 0 Å². The predicted molar refractivity (Wildman–Crippen MR) is 68.7 cm³/mol.